The van der Waals surface area contributed by atoms with Crippen LogP contribution in [0.2, 0.25) is 0 Å². The third kappa shape index (κ3) is 4.78. The van der Waals surface area contributed by atoms with E-state index < -0.39 is 28.5 Å². The molecule has 0 unspecified atom stereocenters. The Labute approximate surface area is 213 Å². The van der Waals surface area contributed by atoms with Crippen molar-refractivity contribution >= 4 is 35.0 Å². The molecule has 1 atom stereocenters. The Morgan fingerprint density at radius 3 is 2.54 bits per heavy atom. The molecule has 1 aliphatic rings. The van der Waals surface area contributed by atoms with E-state index >= 15 is 0 Å². The second kappa shape index (κ2) is 10.2. The van der Waals surface area contributed by atoms with Gasteiger partial charge in [-0.05, 0) is 36.8 Å². The van der Waals surface area contributed by atoms with Gasteiger partial charge in [0.1, 0.15) is 0 Å². The van der Waals surface area contributed by atoms with Gasteiger partial charge < -0.3 is 14.2 Å². The number of ether oxygens (including phenoxy) is 3. The zero-order valence-electron chi connectivity index (χ0n) is 20.2. The summed E-state index contributed by atoms with van der Waals surface area (Å²) in [6, 6.07) is 9.78. The third-order valence-electron chi connectivity index (χ3n) is 5.60. The largest absolute Gasteiger partial charge is 0.493 e. The number of aromatic nitrogens is 1. The van der Waals surface area contributed by atoms with Crippen molar-refractivity contribution in [1.29, 1.82) is 0 Å². The van der Waals surface area contributed by atoms with Crippen LogP contribution in [0.1, 0.15) is 31.0 Å². The lowest BCUT2D eigenvalue weighted by Gasteiger charge is -2.25. The number of nitro benzene ring substituents is 1. The first kappa shape index (κ1) is 25.5. The molecule has 0 N–H and O–H groups in total. The molecule has 0 amide bonds. The van der Waals surface area contributed by atoms with Gasteiger partial charge in [-0.2, -0.15) is 0 Å². The topological polar surface area (TPSA) is 139 Å². The second-order valence-corrected chi connectivity index (χ2v) is 8.90. The smallest absolute Gasteiger partial charge is 0.338 e. The van der Waals surface area contributed by atoms with Crippen molar-refractivity contribution in [3.63, 3.8) is 0 Å². The molecule has 190 valence electrons. The summed E-state index contributed by atoms with van der Waals surface area (Å²) in [6.07, 6.45) is 1.43. The number of benzene rings is 2. The monoisotopic (exact) mass is 523 g/mol. The summed E-state index contributed by atoms with van der Waals surface area (Å²) >= 11 is 1.04. The van der Waals surface area contributed by atoms with Gasteiger partial charge in [-0.15, -0.1) is 0 Å². The minimum absolute atomic E-state index is 0.134. The number of para-hydroxylation sites is 1. The number of methoxy groups -OCH3 is 2. The molecular formula is C25H21N3O8S. The predicted octanol–water partition coefficient (Wildman–Crippen LogP) is 2.25. The molecule has 3 aromatic rings. The van der Waals surface area contributed by atoms with Crippen molar-refractivity contribution in [1.82, 2.24) is 4.57 Å². The van der Waals surface area contributed by atoms with Crippen molar-refractivity contribution in [3.8, 4) is 11.5 Å². The quantitative estimate of drug-likeness (QED) is 0.207. The number of nitro groups is 1. The first-order valence-corrected chi connectivity index (χ1v) is 11.7. The summed E-state index contributed by atoms with van der Waals surface area (Å²) in [6.45, 7) is 2.88. The SMILES string of the molecule is COC(=O)C1=C(C)N=c2s/c(=C/c3ccccc3[N+](=O)[O-])c(=O)n2[C@@H]1c1ccc(OC(C)=O)c(OC)c1. The van der Waals surface area contributed by atoms with Crippen LogP contribution in [-0.2, 0) is 14.3 Å². The Morgan fingerprint density at radius 1 is 1.16 bits per heavy atom. The van der Waals surface area contributed by atoms with Crippen LogP contribution >= 0.6 is 11.3 Å². The summed E-state index contributed by atoms with van der Waals surface area (Å²) in [5.74, 6) is -0.834. The number of esters is 2. The van der Waals surface area contributed by atoms with E-state index in [4.69, 9.17) is 14.2 Å². The van der Waals surface area contributed by atoms with Gasteiger partial charge in [-0.25, -0.2) is 9.79 Å². The zero-order valence-corrected chi connectivity index (χ0v) is 21.0. The molecule has 2 aromatic carbocycles. The highest BCUT2D eigenvalue weighted by Crippen LogP contribution is 2.36. The van der Waals surface area contributed by atoms with Crippen LogP contribution in [0.3, 0.4) is 0 Å². The molecule has 1 aromatic heterocycles. The van der Waals surface area contributed by atoms with Crippen molar-refractivity contribution in [2.24, 2.45) is 4.99 Å². The molecule has 0 fully saturated rings. The molecule has 4 rings (SSSR count). The Balaban J connectivity index is 1.98. The van der Waals surface area contributed by atoms with Crippen LogP contribution < -0.4 is 24.4 Å². The van der Waals surface area contributed by atoms with E-state index in [-0.39, 0.29) is 32.9 Å². The first-order chi connectivity index (χ1) is 17.7. The lowest BCUT2D eigenvalue weighted by molar-refractivity contribution is -0.385. The number of thiazole rings is 1. The molecular weight excluding hydrogens is 502 g/mol. The van der Waals surface area contributed by atoms with E-state index in [0.717, 1.165) is 11.3 Å². The van der Waals surface area contributed by atoms with Crippen LogP contribution in [0, 0.1) is 10.1 Å². The fourth-order valence-electron chi connectivity index (χ4n) is 4.02. The fourth-order valence-corrected chi connectivity index (χ4v) is 5.06. The van der Waals surface area contributed by atoms with Gasteiger partial charge in [0, 0.05) is 13.0 Å². The minimum atomic E-state index is -0.947. The van der Waals surface area contributed by atoms with Crippen molar-refractivity contribution < 1.29 is 28.7 Å². The molecule has 0 bridgehead atoms. The number of carbonyl (C=O) groups is 2. The molecule has 1 aliphatic heterocycles. The van der Waals surface area contributed by atoms with Crippen molar-refractivity contribution in [3.05, 3.63) is 94.7 Å². The van der Waals surface area contributed by atoms with Gasteiger partial charge in [0.2, 0.25) is 0 Å². The minimum Gasteiger partial charge on any atom is -0.493 e. The number of hydrogen-bond acceptors (Lipinski definition) is 10. The van der Waals surface area contributed by atoms with E-state index in [1.807, 2.05) is 0 Å². The lowest BCUT2D eigenvalue weighted by Crippen LogP contribution is -2.39. The van der Waals surface area contributed by atoms with Gasteiger partial charge >= 0.3 is 11.9 Å². The highest BCUT2D eigenvalue weighted by atomic mass is 32.1. The molecule has 0 aliphatic carbocycles. The maximum atomic E-state index is 13.6. The third-order valence-corrected chi connectivity index (χ3v) is 6.59. The molecule has 2 heterocycles. The van der Waals surface area contributed by atoms with Crippen LogP contribution in [0.4, 0.5) is 5.69 Å². The van der Waals surface area contributed by atoms with Gasteiger partial charge in [0.15, 0.2) is 16.3 Å². The van der Waals surface area contributed by atoms with Crippen LogP contribution in [0.15, 0.2) is 63.5 Å². The molecule has 0 saturated carbocycles. The van der Waals surface area contributed by atoms with Gasteiger partial charge in [-0.3, -0.25) is 24.3 Å². The van der Waals surface area contributed by atoms with Gasteiger partial charge in [0.25, 0.3) is 11.2 Å². The zero-order chi connectivity index (χ0) is 26.9. The summed E-state index contributed by atoms with van der Waals surface area (Å²) in [7, 11) is 2.62. The lowest BCUT2D eigenvalue weighted by atomic mass is 9.95. The fraction of sp³-hybridized carbons (Fsp3) is 0.200. The highest BCUT2D eigenvalue weighted by molar-refractivity contribution is 7.07. The Bertz CT molecular complexity index is 1650. The first-order valence-electron chi connectivity index (χ1n) is 10.9. The van der Waals surface area contributed by atoms with Crippen LogP contribution in [-0.4, -0.2) is 35.6 Å². The molecule has 37 heavy (non-hydrogen) atoms. The maximum Gasteiger partial charge on any atom is 0.338 e. The molecule has 11 nitrogen and oxygen atoms in total. The standard InChI is InChI=1S/C25H21N3O8S/c1-13-21(24(31)35-4)22(16-9-10-18(36-14(2)29)19(11-16)34-3)27-23(30)20(37-25(27)26-13)12-15-7-5-6-8-17(15)28(32)33/h5-12,22H,1-4H3/b20-12+/t22-/m1/s1. The van der Waals surface area contributed by atoms with E-state index in [9.17, 15) is 24.5 Å². The number of fused-ring (bicyclic) bond motifs is 1. The highest BCUT2D eigenvalue weighted by Gasteiger charge is 2.33. The second-order valence-electron chi connectivity index (χ2n) is 7.89. The average Bonchev–Trinajstić information content (AvgIpc) is 3.17. The normalized spacial score (nSPS) is 15.0. The number of allylic oxidation sites excluding steroid dienone is 1. The van der Waals surface area contributed by atoms with E-state index in [1.165, 1.54) is 56.1 Å². The van der Waals surface area contributed by atoms with Crippen molar-refractivity contribution in [2.75, 3.05) is 14.2 Å². The number of rotatable bonds is 6. The van der Waals surface area contributed by atoms with E-state index in [1.54, 1.807) is 25.1 Å². The summed E-state index contributed by atoms with van der Waals surface area (Å²) < 4.78 is 17.1. The number of nitrogens with zero attached hydrogens (tertiary/aromatic N) is 3. The Kier molecular flexibility index (Phi) is 7.02. The predicted molar refractivity (Wildman–Crippen MR) is 133 cm³/mol. The molecule has 0 spiro atoms. The summed E-state index contributed by atoms with van der Waals surface area (Å²) in [5, 5.41) is 11.5. The summed E-state index contributed by atoms with van der Waals surface area (Å²) in [5.41, 5.74) is 0.560. The van der Waals surface area contributed by atoms with Crippen molar-refractivity contribution in [2.45, 2.75) is 19.9 Å². The molecule has 0 radical (unpaired) electrons. The molecule has 0 saturated heterocycles. The maximum absolute atomic E-state index is 13.6. The van der Waals surface area contributed by atoms with Crippen LogP contribution in [0.25, 0.3) is 6.08 Å². The number of carbonyl (C=O) groups excluding carboxylic acids is 2. The van der Waals surface area contributed by atoms with Crippen LogP contribution in [0.5, 0.6) is 11.5 Å². The van der Waals surface area contributed by atoms with Gasteiger partial charge in [-0.1, -0.05) is 29.5 Å². The Morgan fingerprint density at radius 2 is 1.89 bits per heavy atom. The summed E-state index contributed by atoms with van der Waals surface area (Å²) in [4.78, 5) is 53.6. The molecule has 12 heteroatoms. The van der Waals surface area contributed by atoms with E-state index in [0.29, 0.717) is 16.1 Å². The Hall–Kier alpha value is -4.58. The van der Waals surface area contributed by atoms with E-state index in [2.05, 4.69) is 4.99 Å². The van der Waals surface area contributed by atoms with Gasteiger partial charge in [0.05, 0.1) is 46.6 Å². The number of hydrogen-bond donors (Lipinski definition) is 0. The average molecular weight is 524 g/mol.